The lowest BCUT2D eigenvalue weighted by Crippen LogP contribution is -2.47. The summed E-state index contributed by atoms with van der Waals surface area (Å²) in [6.45, 7) is 3.69. The maximum atomic E-state index is 13.1. The molecule has 2 aliphatic rings. The van der Waals surface area contributed by atoms with Crippen molar-refractivity contribution in [3.63, 3.8) is 0 Å². The summed E-state index contributed by atoms with van der Waals surface area (Å²) in [7, 11) is 0. The van der Waals surface area contributed by atoms with Crippen LogP contribution in [0.5, 0.6) is 0 Å². The van der Waals surface area contributed by atoms with Crippen molar-refractivity contribution in [3.05, 3.63) is 82.8 Å². The number of hydrogen-bond acceptors (Lipinski definition) is 4. The van der Waals surface area contributed by atoms with Crippen LogP contribution in [0, 0.1) is 5.92 Å². The van der Waals surface area contributed by atoms with Crippen molar-refractivity contribution in [1.29, 1.82) is 0 Å². The van der Waals surface area contributed by atoms with E-state index in [0.717, 1.165) is 43.0 Å². The Kier molecular flexibility index (Phi) is 4.09. The predicted octanol–water partition coefficient (Wildman–Crippen LogP) is 2.92. The third-order valence-corrected chi connectivity index (χ3v) is 5.76. The van der Waals surface area contributed by atoms with Gasteiger partial charge in [-0.3, -0.25) is 19.7 Å². The second kappa shape index (κ2) is 6.74. The molecule has 2 bridgehead atoms. The molecule has 0 radical (unpaired) electrons. The molecule has 2 aliphatic heterocycles. The first-order valence-electron chi connectivity index (χ1n) is 9.54. The second-order valence-electron chi connectivity index (χ2n) is 7.64. The van der Waals surface area contributed by atoms with E-state index >= 15 is 0 Å². The summed E-state index contributed by atoms with van der Waals surface area (Å²) in [5.41, 5.74) is 4.05. The number of fused-ring (bicyclic) bond motifs is 4. The van der Waals surface area contributed by atoms with Crippen LogP contribution in [0.1, 0.15) is 23.7 Å². The van der Waals surface area contributed by atoms with Crippen LogP contribution in [-0.2, 0) is 13.1 Å². The molecule has 0 aromatic carbocycles. The van der Waals surface area contributed by atoms with Crippen LogP contribution in [-0.4, -0.2) is 32.5 Å². The van der Waals surface area contributed by atoms with Crippen LogP contribution >= 0.6 is 0 Å². The van der Waals surface area contributed by atoms with E-state index in [2.05, 4.69) is 27.0 Å². The van der Waals surface area contributed by atoms with E-state index in [1.54, 1.807) is 12.4 Å². The summed E-state index contributed by atoms with van der Waals surface area (Å²) in [5.74, 6) is 0.929. The molecule has 5 nitrogen and oxygen atoms in total. The molecule has 2 atom stereocenters. The van der Waals surface area contributed by atoms with Gasteiger partial charge in [0, 0.05) is 67.5 Å². The van der Waals surface area contributed by atoms with Gasteiger partial charge in [-0.15, -0.1) is 0 Å². The SMILES string of the molecule is O=c1c(-c2cccnc2)ccc2n1C[C@@H]1C[C@@H]2CN(Cc2ccccn2)C1. The molecule has 0 aliphatic carbocycles. The molecule has 1 fully saturated rings. The van der Waals surface area contributed by atoms with E-state index in [-0.39, 0.29) is 5.56 Å². The molecule has 1 saturated heterocycles. The molecule has 0 unspecified atom stereocenters. The Bertz CT molecular complexity index is 1000. The highest BCUT2D eigenvalue weighted by molar-refractivity contribution is 5.61. The van der Waals surface area contributed by atoms with Crippen molar-refractivity contribution in [3.8, 4) is 11.1 Å². The maximum absolute atomic E-state index is 13.1. The van der Waals surface area contributed by atoms with Crippen LogP contribution in [0.15, 0.2) is 65.8 Å². The molecule has 136 valence electrons. The predicted molar refractivity (Wildman–Crippen MR) is 104 cm³/mol. The van der Waals surface area contributed by atoms with Crippen molar-refractivity contribution >= 4 is 0 Å². The molecule has 5 rings (SSSR count). The summed E-state index contributed by atoms with van der Waals surface area (Å²) < 4.78 is 2.01. The third-order valence-electron chi connectivity index (χ3n) is 5.76. The normalized spacial score (nSPS) is 21.6. The van der Waals surface area contributed by atoms with Gasteiger partial charge in [-0.05, 0) is 42.7 Å². The Morgan fingerprint density at radius 2 is 1.96 bits per heavy atom. The van der Waals surface area contributed by atoms with Crippen LogP contribution in [0.3, 0.4) is 0 Å². The fourth-order valence-corrected chi connectivity index (χ4v) is 4.64. The Morgan fingerprint density at radius 1 is 1.00 bits per heavy atom. The largest absolute Gasteiger partial charge is 0.311 e. The molecule has 0 saturated carbocycles. The molecule has 0 amide bonds. The van der Waals surface area contributed by atoms with Gasteiger partial charge < -0.3 is 4.57 Å². The monoisotopic (exact) mass is 358 g/mol. The van der Waals surface area contributed by atoms with Gasteiger partial charge in [0.25, 0.3) is 5.56 Å². The molecule has 0 spiro atoms. The topological polar surface area (TPSA) is 51.0 Å². The molecule has 27 heavy (non-hydrogen) atoms. The lowest BCUT2D eigenvalue weighted by molar-refractivity contribution is 0.113. The number of aromatic nitrogens is 3. The Morgan fingerprint density at radius 3 is 2.78 bits per heavy atom. The van der Waals surface area contributed by atoms with Crippen molar-refractivity contribution in [1.82, 2.24) is 19.4 Å². The first-order chi connectivity index (χ1) is 13.3. The van der Waals surface area contributed by atoms with E-state index in [9.17, 15) is 4.79 Å². The quantitative estimate of drug-likeness (QED) is 0.722. The minimum absolute atomic E-state index is 0.119. The van der Waals surface area contributed by atoms with E-state index in [4.69, 9.17) is 0 Å². The van der Waals surface area contributed by atoms with Crippen LogP contribution in [0.25, 0.3) is 11.1 Å². The first-order valence-corrected chi connectivity index (χ1v) is 9.54. The zero-order valence-electron chi connectivity index (χ0n) is 15.2. The lowest BCUT2D eigenvalue weighted by Gasteiger charge is -2.42. The molecule has 0 N–H and O–H groups in total. The maximum Gasteiger partial charge on any atom is 0.258 e. The average molecular weight is 358 g/mol. The van der Waals surface area contributed by atoms with Gasteiger partial charge in [0.2, 0.25) is 0 Å². The molecular formula is C22H22N4O. The molecule has 3 aromatic heterocycles. The van der Waals surface area contributed by atoms with Crippen molar-refractivity contribution in [2.24, 2.45) is 5.92 Å². The standard InChI is InChI=1S/C22H22N4O/c27-22-20(17-4-3-8-23-11-17)6-7-21-18-10-16(13-26(21)22)12-25(14-18)15-19-5-1-2-9-24-19/h1-9,11,16,18H,10,12-15H2/t16-,18-/m1/s1. The number of hydrogen-bond donors (Lipinski definition) is 0. The van der Waals surface area contributed by atoms with Crippen LogP contribution in [0.4, 0.5) is 0 Å². The fourth-order valence-electron chi connectivity index (χ4n) is 4.64. The van der Waals surface area contributed by atoms with E-state index in [0.29, 0.717) is 11.8 Å². The van der Waals surface area contributed by atoms with Crippen LogP contribution in [0.2, 0.25) is 0 Å². The van der Waals surface area contributed by atoms with Gasteiger partial charge in [-0.1, -0.05) is 12.1 Å². The number of piperidine rings is 1. The number of likely N-dealkylation sites (tertiary alicyclic amines) is 1. The number of nitrogens with zero attached hydrogens (tertiary/aromatic N) is 4. The van der Waals surface area contributed by atoms with Crippen molar-refractivity contribution < 1.29 is 0 Å². The molecule has 3 aromatic rings. The first kappa shape index (κ1) is 16.4. The van der Waals surface area contributed by atoms with E-state index in [1.807, 2.05) is 41.1 Å². The zero-order chi connectivity index (χ0) is 18.2. The smallest absolute Gasteiger partial charge is 0.258 e. The highest BCUT2D eigenvalue weighted by Crippen LogP contribution is 2.36. The summed E-state index contributed by atoms with van der Waals surface area (Å²) in [5, 5.41) is 0. The molecule has 5 heterocycles. The van der Waals surface area contributed by atoms with E-state index < -0.39 is 0 Å². The van der Waals surface area contributed by atoms with Gasteiger partial charge in [0.05, 0.1) is 5.69 Å². The van der Waals surface area contributed by atoms with Crippen molar-refractivity contribution in [2.45, 2.75) is 25.4 Å². The summed E-state index contributed by atoms with van der Waals surface area (Å²) >= 11 is 0. The Hall–Kier alpha value is -2.79. The number of rotatable bonds is 3. The third kappa shape index (κ3) is 3.08. The summed E-state index contributed by atoms with van der Waals surface area (Å²) in [6, 6.07) is 14.0. The molecular weight excluding hydrogens is 336 g/mol. The molecule has 5 heteroatoms. The lowest BCUT2D eigenvalue weighted by atomic mass is 9.82. The highest BCUT2D eigenvalue weighted by Gasteiger charge is 2.35. The summed E-state index contributed by atoms with van der Waals surface area (Å²) in [6.07, 6.45) is 6.53. The summed E-state index contributed by atoms with van der Waals surface area (Å²) in [4.78, 5) is 24.2. The highest BCUT2D eigenvalue weighted by atomic mass is 16.1. The average Bonchev–Trinajstić information content (AvgIpc) is 2.70. The minimum Gasteiger partial charge on any atom is -0.311 e. The van der Waals surface area contributed by atoms with Crippen LogP contribution < -0.4 is 5.56 Å². The number of pyridine rings is 3. The Labute approximate surface area is 158 Å². The zero-order valence-corrected chi connectivity index (χ0v) is 15.2. The van der Waals surface area contributed by atoms with Gasteiger partial charge in [-0.25, -0.2) is 0 Å². The van der Waals surface area contributed by atoms with Gasteiger partial charge >= 0.3 is 0 Å². The Balaban J connectivity index is 1.44. The minimum atomic E-state index is 0.119. The van der Waals surface area contributed by atoms with Gasteiger partial charge in [-0.2, -0.15) is 0 Å². The van der Waals surface area contributed by atoms with Gasteiger partial charge in [0.1, 0.15) is 0 Å². The van der Waals surface area contributed by atoms with Crippen molar-refractivity contribution in [2.75, 3.05) is 13.1 Å². The second-order valence-corrected chi connectivity index (χ2v) is 7.64. The van der Waals surface area contributed by atoms with Gasteiger partial charge in [0.15, 0.2) is 0 Å². The van der Waals surface area contributed by atoms with E-state index in [1.165, 1.54) is 12.1 Å². The fraction of sp³-hybridized carbons (Fsp3) is 0.318.